The van der Waals surface area contributed by atoms with Crippen molar-refractivity contribution in [3.8, 4) is 11.6 Å². The molecular formula is C12H11IN2O. The van der Waals surface area contributed by atoms with Crippen LogP contribution in [0.1, 0.15) is 5.56 Å². The number of nitrogens with zero attached hydrogens (tertiary/aromatic N) is 1. The first-order valence-corrected chi connectivity index (χ1v) is 5.95. The normalized spacial score (nSPS) is 10.1. The van der Waals surface area contributed by atoms with Gasteiger partial charge in [0, 0.05) is 21.9 Å². The van der Waals surface area contributed by atoms with Crippen molar-refractivity contribution in [2.24, 2.45) is 5.73 Å². The van der Waals surface area contributed by atoms with Crippen molar-refractivity contribution in [3.63, 3.8) is 0 Å². The lowest BCUT2D eigenvalue weighted by Crippen LogP contribution is -2.00. The van der Waals surface area contributed by atoms with E-state index >= 15 is 0 Å². The Bertz CT molecular complexity index is 488. The van der Waals surface area contributed by atoms with E-state index in [9.17, 15) is 0 Å². The molecule has 0 amide bonds. The number of pyridine rings is 1. The van der Waals surface area contributed by atoms with Crippen molar-refractivity contribution in [2.45, 2.75) is 6.54 Å². The summed E-state index contributed by atoms with van der Waals surface area (Å²) < 4.78 is 6.81. The first kappa shape index (κ1) is 11.3. The predicted molar refractivity (Wildman–Crippen MR) is 71.4 cm³/mol. The lowest BCUT2D eigenvalue weighted by molar-refractivity contribution is 0.456. The summed E-state index contributed by atoms with van der Waals surface area (Å²) in [6, 6.07) is 11.6. The summed E-state index contributed by atoms with van der Waals surface area (Å²) in [5.41, 5.74) is 6.52. The van der Waals surface area contributed by atoms with E-state index < -0.39 is 0 Å². The van der Waals surface area contributed by atoms with Crippen LogP contribution in [-0.4, -0.2) is 4.98 Å². The molecule has 0 spiro atoms. The van der Waals surface area contributed by atoms with E-state index in [1.807, 2.05) is 36.4 Å². The van der Waals surface area contributed by atoms with Crippen LogP contribution in [0, 0.1) is 3.57 Å². The molecule has 2 rings (SSSR count). The number of rotatable bonds is 3. The minimum atomic E-state index is 0.424. The highest BCUT2D eigenvalue weighted by Crippen LogP contribution is 2.23. The number of hydrogen-bond acceptors (Lipinski definition) is 3. The number of halogens is 1. The van der Waals surface area contributed by atoms with Crippen molar-refractivity contribution >= 4 is 22.6 Å². The van der Waals surface area contributed by atoms with Gasteiger partial charge < -0.3 is 10.5 Å². The lowest BCUT2D eigenvalue weighted by Gasteiger charge is -2.08. The number of aromatic nitrogens is 1. The molecule has 0 saturated heterocycles. The van der Waals surface area contributed by atoms with Crippen LogP contribution in [0.15, 0.2) is 42.6 Å². The Labute approximate surface area is 108 Å². The zero-order chi connectivity index (χ0) is 11.4. The van der Waals surface area contributed by atoms with Gasteiger partial charge >= 0.3 is 0 Å². The molecule has 0 radical (unpaired) electrons. The molecule has 0 aliphatic carbocycles. The van der Waals surface area contributed by atoms with Crippen molar-refractivity contribution in [1.29, 1.82) is 0 Å². The molecule has 2 aromatic rings. The fourth-order valence-corrected chi connectivity index (χ4v) is 1.83. The predicted octanol–water partition coefficient (Wildman–Crippen LogP) is 2.94. The summed E-state index contributed by atoms with van der Waals surface area (Å²) in [6.07, 6.45) is 1.70. The summed E-state index contributed by atoms with van der Waals surface area (Å²) >= 11 is 2.24. The van der Waals surface area contributed by atoms with Crippen LogP contribution < -0.4 is 10.5 Å². The fourth-order valence-electron chi connectivity index (χ4n) is 1.31. The number of ether oxygens (including phenoxy) is 1. The van der Waals surface area contributed by atoms with Gasteiger partial charge in [-0.15, -0.1) is 0 Å². The minimum Gasteiger partial charge on any atom is -0.439 e. The molecule has 2 N–H and O–H groups in total. The van der Waals surface area contributed by atoms with Crippen LogP contribution in [0.5, 0.6) is 11.6 Å². The Morgan fingerprint density at radius 2 is 2.12 bits per heavy atom. The Hall–Kier alpha value is -1.14. The van der Waals surface area contributed by atoms with E-state index in [0.29, 0.717) is 12.4 Å². The van der Waals surface area contributed by atoms with Crippen LogP contribution in [0.2, 0.25) is 0 Å². The number of hydrogen-bond donors (Lipinski definition) is 1. The maximum atomic E-state index is 5.69. The summed E-state index contributed by atoms with van der Waals surface area (Å²) in [5, 5.41) is 0. The van der Waals surface area contributed by atoms with E-state index in [0.717, 1.165) is 14.9 Å². The van der Waals surface area contributed by atoms with Gasteiger partial charge in [0.05, 0.1) is 0 Å². The van der Waals surface area contributed by atoms with E-state index in [1.54, 1.807) is 6.20 Å². The molecule has 82 valence electrons. The molecule has 0 unspecified atom stereocenters. The highest BCUT2D eigenvalue weighted by Gasteiger charge is 2.04. The third kappa shape index (κ3) is 2.70. The number of nitrogens with two attached hydrogens (primary N) is 1. The first-order chi connectivity index (χ1) is 7.79. The average molecular weight is 326 g/mol. The van der Waals surface area contributed by atoms with E-state index in [4.69, 9.17) is 10.5 Å². The monoisotopic (exact) mass is 326 g/mol. The molecule has 1 heterocycles. The summed E-state index contributed by atoms with van der Waals surface area (Å²) in [4.78, 5) is 4.17. The van der Waals surface area contributed by atoms with Crippen LogP contribution in [-0.2, 0) is 6.54 Å². The Balaban J connectivity index is 2.26. The molecule has 4 heteroatoms. The van der Waals surface area contributed by atoms with Gasteiger partial charge in [0.15, 0.2) is 0 Å². The van der Waals surface area contributed by atoms with Crippen molar-refractivity contribution in [2.75, 3.05) is 0 Å². The molecule has 0 bridgehead atoms. The van der Waals surface area contributed by atoms with Gasteiger partial charge in [-0.05, 0) is 46.9 Å². The second-order valence-corrected chi connectivity index (χ2v) is 4.48. The van der Waals surface area contributed by atoms with Crippen molar-refractivity contribution < 1.29 is 4.74 Å². The van der Waals surface area contributed by atoms with Gasteiger partial charge in [-0.25, -0.2) is 4.98 Å². The zero-order valence-corrected chi connectivity index (χ0v) is 10.7. The van der Waals surface area contributed by atoms with Gasteiger partial charge in [-0.1, -0.05) is 12.1 Å². The van der Waals surface area contributed by atoms with Gasteiger partial charge in [-0.3, -0.25) is 0 Å². The first-order valence-electron chi connectivity index (χ1n) is 4.87. The van der Waals surface area contributed by atoms with Gasteiger partial charge in [0.2, 0.25) is 5.88 Å². The van der Waals surface area contributed by atoms with E-state index in [-0.39, 0.29) is 0 Å². The summed E-state index contributed by atoms with van der Waals surface area (Å²) in [7, 11) is 0. The standard InChI is InChI=1S/C12H11IN2O/c13-10-4-1-5-11(7-10)16-12-9(8-14)3-2-6-15-12/h1-7H,8,14H2. The third-order valence-corrected chi connectivity index (χ3v) is 2.75. The molecule has 16 heavy (non-hydrogen) atoms. The SMILES string of the molecule is NCc1cccnc1Oc1cccc(I)c1. The van der Waals surface area contributed by atoms with Crippen LogP contribution in [0.3, 0.4) is 0 Å². The molecule has 0 aliphatic heterocycles. The molecule has 3 nitrogen and oxygen atoms in total. The largest absolute Gasteiger partial charge is 0.439 e. The Morgan fingerprint density at radius 1 is 1.25 bits per heavy atom. The highest BCUT2D eigenvalue weighted by molar-refractivity contribution is 14.1. The topological polar surface area (TPSA) is 48.1 Å². The van der Waals surface area contributed by atoms with Gasteiger partial charge in [-0.2, -0.15) is 0 Å². The minimum absolute atomic E-state index is 0.424. The second-order valence-electron chi connectivity index (χ2n) is 3.23. The summed E-state index contributed by atoms with van der Waals surface area (Å²) in [6.45, 7) is 0.424. The maximum Gasteiger partial charge on any atom is 0.223 e. The molecule has 0 atom stereocenters. The third-order valence-electron chi connectivity index (χ3n) is 2.08. The molecule has 1 aromatic carbocycles. The quantitative estimate of drug-likeness (QED) is 0.883. The summed E-state index contributed by atoms with van der Waals surface area (Å²) in [5.74, 6) is 1.35. The second kappa shape index (κ2) is 5.27. The lowest BCUT2D eigenvalue weighted by atomic mass is 10.3. The molecule has 0 fully saturated rings. The highest BCUT2D eigenvalue weighted by atomic mass is 127. The van der Waals surface area contributed by atoms with Crippen LogP contribution in [0.4, 0.5) is 0 Å². The zero-order valence-electron chi connectivity index (χ0n) is 8.56. The fraction of sp³-hybridized carbons (Fsp3) is 0.0833. The Kier molecular flexibility index (Phi) is 3.74. The number of benzene rings is 1. The maximum absolute atomic E-state index is 5.69. The van der Waals surface area contributed by atoms with Gasteiger partial charge in [0.1, 0.15) is 5.75 Å². The molecule has 0 aliphatic rings. The van der Waals surface area contributed by atoms with Crippen LogP contribution >= 0.6 is 22.6 Å². The van der Waals surface area contributed by atoms with E-state index in [2.05, 4.69) is 27.6 Å². The van der Waals surface area contributed by atoms with Gasteiger partial charge in [0.25, 0.3) is 0 Å². The smallest absolute Gasteiger partial charge is 0.223 e. The molecule has 1 aromatic heterocycles. The van der Waals surface area contributed by atoms with Crippen LogP contribution in [0.25, 0.3) is 0 Å². The van der Waals surface area contributed by atoms with Crippen molar-refractivity contribution in [1.82, 2.24) is 4.98 Å². The van der Waals surface area contributed by atoms with Crippen molar-refractivity contribution in [3.05, 3.63) is 51.7 Å². The van der Waals surface area contributed by atoms with E-state index in [1.165, 1.54) is 0 Å². The molecular weight excluding hydrogens is 315 g/mol. The Morgan fingerprint density at radius 3 is 2.88 bits per heavy atom. The average Bonchev–Trinajstić information content (AvgIpc) is 2.30. The molecule has 0 saturated carbocycles.